The molecule has 5 nitrogen and oxygen atoms in total. The molecule has 0 spiro atoms. The first-order valence-electron chi connectivity index (χ1n) is 7.65. The lowest BCUT2D eigenvalue weighted by atomic mass is 9.97. The summed E-state index contributed by atoms with van der Waals surface area (Å²) >= 11 is 0. The number of carboxylic acid groups (broad SMARTS) is 1. The molecule has 1 N–H and O–H groups in total. The van der Waals surface area contributed by atoms with E-state index in [4.69, 9.17) is 5.11 Å². The topological polar surface area (TPSA) is 56.7 Å². The Bertz CT molecular complexity index is 444. The molecule has 6 heteroatoms. The smallest absolute Gasteiger partial charge is 0.304 e. The number of piperidine rings is 1. The summed E-state index contributed by atoms with van der Waals surface area (Å²) in [6, 6.07) is 4.07. The van der Waals surface area contributed by atoms with E-state index < -0.39 is 5.97 Å². The van der Waals surface area contributed by atoms with Crippen molar-refractivity contribution >= 4 is 18.4 Å². The van der Waals surface area contributed by atoms with Gasteiger partial charge in [0, 0.05) is 38.6 Å². The van der Waals surface area contributed by atoms with E-state index >= 15 is 0 Å². The van der Waals surface area contributed by atoms with Crippen molar-refractivity contribution in [2.24, 2.45) is 5.92 Å². The summed E-state index contributed by atoms with van der Waals surface area (Å²) in [6.45, 7) is 4.71. The average Bonchev–Trinajstić information content (AvgIpc) is 2.46. The van der Waals surface area contributed by atoms with Crippen LogP contribution in [0.25, 0.3) is 0 Å². The van der Waals surface area contributed by atoms with Crippen molar-refractivity contribution in [2.45, 2.75) is 25.8 Å². The molecule has 0 radical (unpaired) electrons. The fourth-order valence-corrected chi connectivity index (χ4v) is 3.07. The van der Waals surface area contributed by atoms with Crippen molar-refractivity contribution < 1.29 is 9.90 Å². The Morgan fingerprint density at radius 3 is 3.05 bits per heavy atom. The van der Waals surface area contributed by atoms with Gasteiger partial charge in [0.05, 0.1) is 6.42 Å². The zero-order chi connectivity index (χ0) is 15.1. The van der Waals surface area contributed by atoms with Crippen molar-refractivity contribution in [1.82, 2.24) is 14.8 Å². The Balaban J connectivity index is 0.00000242. The highest BCUT2D eigenvalue weighted by atomic mass is 35.5. The normalized spacial score (nSPS) is 18.9. The van der Waals surface area contributed by atoms with Crippen molar-refractivity contribution in [3.05, 3.63) is 30.1 Å². The van der Waals surface area contributed by atoms with E-state index in [1.165, 1.54) is 18.4 Å². The SMILES string of the molecule is CN(Cc1cccnc1)CC1CCCN(CCC(=O)O)C1.Cl. The molecule has 1 atom stereocenters. The summed E-state index contributed by atoms with van der Waals surface area (Å²) in [4.78, 5) is 19.4. The summed E-state index contributed by atoms with van der Waals surface area (Å²) in [6.07, 6.45) is 6.37. The molecule has 0 bridgehead atoms. The van der Waals surface area contributed by atoms with Crippen LogP contribution in [0.4, 0.5) is 0 Å². The molecule has 1 saturated heterocycles. The highest BCUT2D eigenvalue weighted by Crippen LogP contribution is 2.18. The van der Waals surface area contributed by atoms with E-state index in [2.05, 4.69) is 27.9 Å². The number of aromatic nitrogens is 1. The molecule has 0 amide bonds. The number of pyridine rings is 1. The van der Waals surface area contributed by atoms with Crippen LogP contribution in [0.1, 0.15) is 24.8 Å². The van der Waals surface area contributed by atoms with Gasteiger partial charge < -0.3 is 14.9 Å². The summed E-state index contributed by atoms with van der Waals surface area (Å²) in [5.74, 6) is -0.0694. The Morgan fingerprint density at radius 1 is 1.55 bits per heavy atom. The standard InChI is InChI=1S/C16H25N3O2.ClH/c1-18(11-14-4-2-7-17-10-14)12-15-5-3-8-19(13-15)9-6-16(20)21;/h2,4,7,10,15H,3,5-6,8-9,11-13H2,1H3,(H,20,21);1H. The van der Waals surface area contributed by atoms with Gasteiger partial charge in [0.1, 0.15) is 0 Å². The van der Waals surface area contributed by atoms with Crippen LogP contribution in [0.5, 0.6) is 0 Å². The highest BCUT2D eigenvalue weighted by Gasteiger charge is 2.21. The number of carboxylic acids is 1. The molecule has 1 aromatic rings. The third-order valence-corrected chi connectivity index (χ3v) is 3.99. The van der Waals surface area contributed by atoms with E-state index in [1.54, 1.807) is 6.20 Å². The van der Waals surface area contributed by atoms with Crippen LogP contribution in [0, 0.1) is 5.92 Å². The van der Waals surface area contributed by atoms with Crippen LogP contribution in [-0.2, 0) is 11.3 Å². The van der Waals surface area contributed by atoms with Gasteiger partial charge in [-0.25, -0.2) is 0 Å². The van der Waals surface area contributed by atoms with Crippen LogP contribution >= 0.6 is 12.4 Å². The van der Waals surface area contributed by atoms with E-state index in [0.717, 1.165) is 26.2 Å². The number of hydrogen-bond acceptors (Lipinski definition) is 4. The third kappa shape index (κ3) is 6.73. The lowest BCUT2D eigenvalue weighted by molar-refractivity contribution is -0.137. The summed E-state index contributed by atoms with van der Waals surface area (Å²) in [5, 5.41) is 8.78. The van der Waals surface area contributed by atoms with Gasteiger partial charge >= 0.3 is 5.97 Å². The van der Waals surface area contributed by atoms with Crippen molar-refractivity contribution in [2.75, 3.05) is 33.2 Å². The van der Waals surface area contributed by atoms with Crippen LogP contribution in [0.2, 0.25) is 0 Å². The average molecular weight is 328 g/mol. The Hall–Kier alpha value is -1.17. The number of halogens is 1. The van der Waals surface area contributed by atoms with Crippen molar-refractivity contribution in [1.29, 1.82) is 0 Å². The monoisotopic (exact) mass is 327 g/mol. The largest absolute Gasteiger partial charge is 0.481 e. The summed E-state index contributed by atoms with van der Waals surface area (Å²) < 4.78 is 0. The molecule has 124 valence electrons. The minimum Gasteiger partial charge on any atom is -0.481 e. The maximum atomic E-state index is 10.7. The van der Waals surface area contributed by atoms with Gasteiger partial charge in [0.2, 0.25) is 0 Å². The van der Waals surface area contributed by atoms with E-state index in [9.17, 15) is 4.79 Å². The van der Waals surface area contributed by atoms with E-state index in [0.29, 0.717) is 12.5 Å². The Morgan fingerprint density at radius 2 is 2.36 bits per heavy atom. The predicted octanol–water partition coefficient (Wildman–Crippen LogP) is 2.12. The molecular weight excluding hydrogens is 302 g/mol. The van der Waals surface area contributed by atoms with Gasteiger partial charge in [-0.2, -0.15) is 0 Å². The second kappa shape index (κ2) is 9.77. The minimum atomic E-state index is -0.703. The molecule has 2 rings (SSSR count). The van der Waals surface area contributed by atoms with Gasteiger partial charge in [-0.1, -0.05) is 6.07 Å². The van der Waals surface area contributed by atoms with Gasteiger partial charge in [-0.15, -0.1) is 12.4 Å². The number of rotatable bonds is 7. The molecule has 22 heavy (non-hydrogen) atoms. The fourth-order valence-electron chi connectivity index (χ4n) is 3.07. The van der Waals surface area contributed by atoms with Crippen molar-refractivity contribution in [3.8, 4) is 0 Å². The van der Waals surface area contributed by atoms with Gasteiger partial charge in [-0.3, -0.25) is 9.78 Å². The molecular formula is C16H26ClN3O2. The van der Waals surface area contributed by atoms with Gasteiger partial charge in [-0.05, 0) is 44.0 Å². The van der Waals surface area contributed by atoms with Gasteiger partial charge in [0.25, 0.3) is 0 Å². The lowest BCUT2D eigenvalue weighted by Gasteiger charge is -2.34. The first kappa shape index (κ1) is 18.9. The molecule has 1 fully saturated rings. The fraction of sp³-hybridized carbons (Fsp3) is 0.625. The highest BCUT2D eigenvalue weighted by molar-refractivity contribution is 5.85. The molecule has 2 heterocycles. The Labute approximate surface area is 138 Å². The zero-order valence-electron chi connectivity index (χ0n) is 13.1. The van der Waals surface area contributed by atoms with Gasteiger partial charge in [0.15, 0.2) is 0 Å². The number of nitrogens with zero attached hydrogens (tertiary/aromatic N) is 3. The maximum absolute atomic E-state index is 10.7. The first-order valence-corrected chi connectivity index (χ1v) is 7.65. The van der Waals surface area contributed by atoms with Crippen LogP contribution in [0.3, 0.4) is 0 Å². The summed E-state index contributed by atoms with van der Waals surface area (Å²) in [7, 11) is 2.14. The lowest BCUT2D eigenvalue weighted by Crippen LogP contribution is -2.40. The second-order valence-electron chi connectivity index (χ2n) is 6.01. The quantitative estimate of drug-likeness (QED) is 0.831. The minimum absolute atomic E-state index is 0. The number of likely N-dealkylation sites (tertiary alicyclic amines) is 1. The predicted molar refractivity (Wildman–Crippen MR) is 89.2 cm³/mol. The maximum Gasteiger partial charge on any atom is 0.304 e. The van der Waals surface area contributed by atoms with Crippen LogP contribution in [-0.4, -0.2) is 59.1 Å². The zero-order valence-corrected chi connectivity index (χ0v) is 14.0. The summed E-state index contributed by atoms with van der Waals surface area (Å²) in [5.41, 5.74) is 1.23. The Kier molecular flexibility index (Phi) is 8.38. The number of carbonyl (C=O) groups is 1. The van der Waals surface area contributed by atoms with Crippen LogP contribution in [0.15, 0.2) is 24.5 Å². The molecule has 1 aliphatic rings. The first-order chi connectivity index (χ1) is 10.1. The van der Waals surface area contributed by atoms with E-state index in [1.807, 2.05) is 12.3 Å². The molecule has 0 aliphatic carbocycles. The molecule has 1 unspecified atom stereocenters. The molecule has 1 aromatic heterocycles. The number of hydrogen-bond donors (Lipinski definition) is 1. The van der Waals surface area contributed by atoms with E-state index in [-0.39, 0.29) is 18.8 Å². The third-order valence-electron chi connectivity index (χ3n) is 3.99. The molecule has 1 aliphatic heterocycles. The molecule has 0 saturated carbocycles. The molecule has 0 aromatic carbocycles. The van der Waals surface area contributed by atoms with Crippen molar-refractivity contribution in [3.63, 3.8) is 0 Å². The second-order valence-corrected chi connectivity index (χ2v) is 6.01. The van der Waals surface area contributed by atoms with Crippen LogP contribution < -0.4 is 0 Å². The number of aliphatic carboxylic acids is 1.